The van der Waals surface area contributed by atoms with Crippen molar-refractivity contribution >= 4 is 11.0 Å². The molecule has 2 aliphatic rings. The third kappa shape index (κ3) is 1.71. The van der Waals surface area contributed by atoms with Crippen molar-refractivity contribution in [3.05, 3.63) is 29.6 Å². The minimum atomic E-state index is 0.0650. The van der Waals surface area contributed by atoms with Crippen molar-refractivity contribution < 1.29 is 0 Å². The fraction of sp³-hybridized carbons (Fsp3) is 0.562. The molecule has 1 N–H and O–H groups in total. The average molecular weight is 255 g/mol. The molecule has 2 aromatic rings. The molecule has 3 heteroatoms. The summed E-state index contributed by atoms with van der Waals surface area (Å²) >= 11 is 0. The number of fused-ring (bicyclic) bond motifs is 1. The van der Waals surface area contributed by atoms with E-state index in [9.17, 15) is 0 Å². The SMILES string of the molecule is Cc1ccc2c(c1)nc(C1(C)CCCN1)n2C1CC1. The second kappa shape index (κ2) is 3.83. The highest BCUT2D eigenvalue weighted by Crippen LogP contribution is 2.42. The van der Waals surface area contributed by atoms with Crippen LogP contribution in [0.2, 0.25) is 0 Å². The van der Waals surface area contributed by atoms with E-state index < -0.39 is 0 Å². The van der Waals surface area contributed by atoms with E-state index in [0.717, 1.165) is 12.1 Å². The van der Waals surface area contributed by atoms with Crippen molar-refractivity contribution in [3.63, 3.8) is 0 Å². The van der Waals surface area contributed by atoms with Gasteiger partial charge in [-0.1, -0.05) is 6.07 Å². The van der Waals surface area contributed by atoms with Gasteiger partial charge in [0.15, 0.2) is 0 Å². The lowest BCUT2D eigenvalue weighted by Crippen LogP contribution is -2.36. The zero-order valence-corrected chi connectivity index (χ0v) is 11.7. The number of benzene rings is 1. The molecule has 1 aliphatic heterocycles. The molecule has 19 heavy (non-hydrogen) atoms. The Hall–Kier alpha value is -1.35. The van der Waals surface area contributed by atoms with Crippen molar-refractivity contribution in [2.45, 2.75) is 51.1 Å². The molecule has 1 aromatic heterocycles. The van der Waals surface area contributed by atoms with Crippen molar-refractivity contribution in [2.75, 3.05) is 6.54 Å². The third-order valence-corrected chi connectivity index (χ3v) is 4.62. The summed E-state index contributed by atoms with van der Waals surface area (Å²) in [5, 5.41) is 3.66. The molecule has 2 heterocycles. The maximum Gasteiger partial charge on any atom is 0.130 e. The lowest BCUT2D eigenvalue weighted by atomic mass is 9.99. The summed E-state index contributed by atoms with van der Waals surface area (Å²) in [5.41, 5.74) is 3.84. The predicted molar refractivity (Wildman–Crippen MR) is 77.3 cm³/mol. The van der Waals surface area contributed by atoms with E-state index in [-0.39, 0.29) is 5.54 Å². The Labute approximate surface area is 114 Å². The highest BCUT2D eigenvalue weighted by Gasteiger charge is 2.38. The Morgan fingerprint density at radius 3 is 2.89 bits per heavy atom. The van der Waals surface area contributed by atoms with Crippen LogP contribution in [0.3, 0.4) is 0 Å². The summed E-state index contributed by atoms with van der Waals surface area (Å²) in [5.74, 6) is 1.26. The normalized spacial score (nSPS) is 27.3. The molecule has 1 saturated carbocycles. The second-order valence-electron chi connectivity index (χ2n) is 6.39. The summed E-state index contributed by atoms with van der Waals surface area (Å²) < 4.78 is 2.51. The third-order valence-electron chi connectivity index (χ3n) is 4.62. The van der Waals surface area contributed by atoms with E-state index in [1.54, 1.807) is 0 Å². The molecule has 2 fully saturated rings. The van der Waals surface area contributed by atoms with Gasteiger partial charge in [0.1, 0.15) is 5.82 Å². The zero-order valence-electron chi connectivity index (χ0n) is 11.7. The predicted octanol–water partition coefficient (Wildman–Crippen LogP) is 3.28. The summed E-state index contributed by atoms with van der Waals surface area (Å²) in [6.45, 7) is 5.57. The molecule has 1 unspecified atom stereocenters. The van der Waals surface area contributed by atoms with Crippen molar-refractivity contribution in [1.82, 2.24) is 14.9 Å². The van der Waals surface area contributed by atoms with Crippen molar-refractivity contribution in [2.24, 2.45) is 0 Å². The summed E-state index contributed by atoms with van der Waals surface area (Å²) in [4.78, 5) is 4.99. The summed E-state index contributed by atoms with van der Waals surface area (Å²) in [6.07, 6.45) is 5.07. The summed E-state index contributed by atoms with van der Waals surface area (Å²) in [6, 6.07) is 7.35. The van der Waals surface area contributed by atoms with E-state index in [4.69, 9.17) is 4.98 Å². The summed E-state index contributed by atoms with van der Waals surface area (Å²) in [7, 11) is 0. The maximum absolute atomic E-state index is 4.99. The molecule has 0 spiro atoms. The standard InChI is InChI=1S/C16H21N3/c1-11-4-7-14-13(10-11)18-15(19(14)12-5-6-12)16(2)8-3-9-17-16/h4,7,10,12,17H,3,5-6,8-9H2,1-2H3. The van der Waals surface area contributed by atoms with E-state index in [1.807, 2.05) is 0 Å². The second-order valence-corrected chi connectivity index (χ2v) is 6.39. The van der Waals surface area contributed by atoms with Crippen LogP contribution in [0.4, 0.5) is 0 Å². The Morgan fingerprint density at radius 2 is 2.21 bits per heavy atom. The van der Waals surface area contributed by atoms with Gasteiger partial charge in [0, 0.05) is 6.04 Å². The average Bonchev–Trinajstić information content (AvgIpc) is 3.01. The number of rotatable bonds is 2. The first-order chi connectivity index (χ1) is 9.17. The number of nitrogens with one attached hydrogen (secondary N) is 1. The van der Waals surface area contributed by atoms with Crippen LogP contribution in [0, 0.1) is 6.92 Å². The van der Waals surface area contributed by atoms with Gasteiger partial charge >= 0.3 is 0 Å². The minimum absolute atomic E-state index is 0.0650. The Balaban J connectivity index is 1.96. The van der Waals surface area contributed by atoms with Crippen LogP contribution in [0.25, 0.3) is 11.0 Å². The lowest BCUT2D eigenvalue weighted by Gasteiger charge is -2.25. The van der Waals surface area contributed by atoms with Gasteiger partial charge in [0.25, 0.3) is 0 Å². The van der Waals surface area contributed by atoms with Crippen LogP contribution in [0.1, 0.15) is 50.0 Å². The van der Waals surface area contributed by atoms with Crippen LogP contribution in [-0.4, -0.2) is 16.1 Å². The number of aryl methyl sites for hydroxylation is 1. The first-order valence-corrected chi connectivity index (χ1v) is 7.41. The molecule has 0 bridgehead atoms. The molecule has 3 nitrogen and oxygen atoms in total. The smallest absolute Gasteiger partial charge is 0.130 e. The molecule has 4 rings (SSSR count). The molecular formula is C16H21N3. The highest BCUT2D eigenvalue weighted by molar-refractivity contribution is 5.77. The van der Waals surface area contributed by atoms with Crippen LogP contribution in [0.5, 0.6) is 0 Å². The van der Waals surface area contributed by atoms with E-state index in [0.29, 0.717) is 6.04 Å². The number of hydrogen-bond donors (Lipinski definition) is 1. The number of hydrogen-bond acceptors (Lipinski definition) is 2. The minimum Gasteiger partial charge on any atom is -0.323 e. The molecule has 1 saturated heterocycles. The van der Waals surface area contributed by atoms with Gasteiger partial charge in [0.2, 0.25) is 0 Å². The van der Waals surface area contributed by atoms with Crippen LogP contribution >= 0.6 is 0 Å². The number of imidazole rings is 1. The fourth-order valence-electron chi connectivity index (χ4n) is 3.39. The largest absolute Gasteiger partial charge is 0.323 e. The maximum atomic E-state index is 4.99. The highest BCUT2D eigenvalue weighted by atomic mass is 15.2. The molecular weight excluding hydrogens is 234 g/mol. The van der Waals surface area contributed by atoms with Crippen molar-refractivity contribution in [1.29, 1.82) is 0 Å². The fourth-order valence-corrected chi connectivity index (χ4v) is 3.39. The quantitative estimate of drug-likeness (QED) is 0.892. The van der Waals surface area contributed by atoms with Gasteiger partial charge < -0.3 is 9.88 Å². The van der Waals surface area contributed by atoms with Crippen LogP contribution in [0.15, 0.2) is 18.2 Å². The molecule has 1 aromatic carbocycles. The molecule has 1 atom stereocenters. The van der Waals surface area contributed by atoms with E-state index in [1.165, 1.54) is 42.6 Å². The lowest BCUT2D eigenvalue weighted by molar-refractivity contribution is 0.389. The van der Waals surface area contributed by atoms with Gasteiger partial charge in [-0.15, -0.1) is 0 Å². The van der Waals surface area contributed by atoms with E-state index >= 15 is 0 Å². The van der Waals surface area contributed by atoms with Gasteiger partial charge in [-0.2, -0.15) is 0 Å². The Kier molecular flexibility index (Phi) is 2.31. The first kappa shape index (κ1) is 11.5. The molecule has 0 amide bonds. The molecule has 0 radical (unpaired) electrons. The van der Waals surface area contributed by atoms with Crippen LogP contribution < -0.4 is 5.32 Å². The molecule has 100 valence electrons. The van der Waals surface area contributed by atoms with Gasteiger partial charge in [0.05, 0.1) is 16.6 Å². The number of aromatic nitrogens is 2. The molecule has 1 aliphatic carbocycles. The Bertz CT molecular complexity index is 631. The van der Waals surface area contributed by atoms with Gasteiger partial charge in [-0.25, -0.2) is 4.98 Å². The van der Waals surface area contributed by atoms with Crippen LogP contribution in [-0.2, 0) is 5.54 Å². The number of nitrogens with zero attached hydrogens (tertiary/aromatic N) is 2. The van der Waals surface area contributed by atoms with E-state index in [2.05, 4.69) is 41.9 Å². The zero-order chi connectivity index (χ0) is 13.0. The van der Waals surface area contributed by atoms with Crippen molar-refractivity contribution in [3.8, 4) is 0 Å². The first-order valence-electron chi connectivity index (χ1n) is 7.41. The topological polar surface area (TPSA) is 29.9 Å². The van der Waals surface area contributed by atoms with Gasteiger partial charge in [-0.05, 0) is 63.8 Å². The Morgan fingerprint density at radius 1 is 1.37 bits per heavy atom. The van der Waals surface area contributed by atoms with Gasteiger partial charge in [-0.3, -0.25) is 0 Å². The monoisotopic (exact) mass is 255 g/mol.